The molecule has 5 heteroatoms. The molecule has 0 heterocycles. The summed E-state index contributed by atoms with van der Waals surface area (Å²) < 4.78 is 15.3. The Hall–Kier alpha value is -1.75. The van der Waals surface area contributed by atoms with Gasteiger partial charge in [-0.3, -0.25) is 4.79 Å². The monoisotopic (exact) mass is 239 g/mol. The third-order valence-electron chi connectivity index (χ3n) is 2.24. The number of esters is 1. The summed E-state index contributed by atoms with van der Waals surface area (Å²) >= 11 is 0. The Morgan fingerprint density at radius 2 is 2.06 bits per heavy atom. The quantitative estimate of drug-likeness (QED) is 0.779. The Labute approximate surface area is 100 Å². The SMILES string of the molecule is COc1ccc(COC(=O)[C@H](C)N)c(OC)c1. The van der Waals surface area contributed by atoms with Gasteiger partial charge in [0, 0.05) is 11.6 Å². The lowest BCUT2D eigenvalue weighted by molar-refractivity contribution is -0.146. The maximum Gasteiger partial charge on any atom is 0.322 e. The third-order valence-corrected chi connectivity index (χ3v) is 2.24. The van der Waals surface area contributed by atoms with Crippen LogP contribution in [0.25, 0.3) is 0 Å². The van der Waals surface area contributed by atoms with E-state index >= 15 is 0 Å². The number of nitrogens with two attached hydrogens (primary N) is 1. The number of carbonyl (C=O) groups is 1. The molecule has 0 fully saturated rings. The number of methoxy groups -OCH3 is 2. The first-order chi connectivity index (χ1) is 8.08. The second-order valence-electron chi connectivity index (χ2n) is 3.57. The summed E-state index contributed by atoms with van der Waals surface area (Å²) in [5, 5.41) is 0. The highest BCUT2D eigenvalue weighted by atomic mass is 16.5. The second kappa shape index (κ2) is 6.10. The zero-order chi connectivity index (χ0) is 12.8. The average molecular weight is 239 g/mol. The molecule has 0 saturated heterocycles. The first-order valence-corrected chi connectivity index (χ1v) is 5.21. The van der Waals surface area contributed by atoms with E-state index in [1.165, 1.54) is 0 Å². The average Bonchev–Trinajstić information content (AvgIpc) is 2.35. The third kappa shape index (κ3) is 3.64. The zero-order valence-corrected chi connectivity index (χ0v) is 10.2. The van der Waals surface area contributed by atoms with Gasteiger partial charge in [0.15, 0.2) is 0 Å². The second-order valence-corrected chi connectivity index (χ2v) is 3.57. The van der Waals surface area contributed by atoms with Gasteiger partial charge in [0.05, 0.1) is 14.2 Å². The van der Waals surface area contributed by atoms with Crippen LogP contribution in [0.3, 0.4) is 0 Å². The highest BCUT2D eigenvalue weighted by Crippen LogP contribution is 2.25. The number of carbonyl (C=O) groups excluding carboxylic acids is 1. The fraction of sp³-hybridized carbons (Fsp3) is 0.417. The molecule has 1 atom stereocenters. The summed E-state index contributed by atoms with van der Waals surface area (Å²) in [6.45, 7) is 1.71. The lowest BCUT2D eigenvalue weighted by Gasteiger charge is -2.11. The molecule has 0 aliphatic heterocycles. The Kier molecular flexibility index (Phi) is 4.78. The van der Waals surface area contributed by atoms with E-state index in [1.807, 2.05) is 0 Å². The van der Waals surface area contributed by atoms with Crippen molar-refractivity contribution in [2.45, 2.75) is 19.6 Å². The van der Waals surface area contributed by atoms with Crippen molar-refractivity contribution in [2.75, 3.05) is 14.2 Å². The van der Waals surface area contributed by atoms with Crippen LogP contribution in [0.1, 0.15) is 12.5 Å². The normalized spacial score (nSPS) is 11.8. The maximum absolute atomic E-state index is 11.2. The Bertz CT molecular complexity index is 390. The van der Waals surface area contributed by atoms with Crippen LogP contribution in [0.5, 0.6) is 11.5 Å². The topological polar surface area (TPSA) is 70.8 Å². The molecule has 0 bridgehead atoms. The van der Waals surface area contributed by atoms with E-state index in [4.69, 9.17) is 19.9 Å². The molecular weight excluding hydrogens is 222 g/mol. The first-order valence-electron chi connectivity index (χ1n) is 5.21. The van der Waals surface area contributed by atoms with Gasteiger partial charge in [-0.05, 0) is 19.1 Å². The molecule has 0 unspecified atom stereocenters. The predicted molar refractivity (Wildman–Crippen MR) is 63.0 cm³/mol. The fourth-order valence-electron chi connectivity index (χ4n) is 1.25. The van der Waals surface area contributed by atoms with Gasteiger partial charge in [0.25, 0.3) is 0 Å². The molecule has 1 aromatic rings. The van der Waals surface area contributed by atoms with E-state index in [9.17, 15) is 4.79 Å². The van der Waals surface area contributed by atoms with Crippen LogP contribution in [0.4, 0.5) is 0 Å². The Morgan fingerprint density at radius 1 is 1.35 bits per heavy atom. The van der Waals surface area contributed by atoms with Gasteiger partial charge in [-0.2, -0.15) is 0 Å². The van der Waals surface area contributed by atoms with Gasteiger partial charge in [-0.15, -0.1) is 0 Å². The predicted octanol–water partition coefficient (Wildman–Crippen LogP) is 1.09. The minimum atomic E-state index is -0.626. The van der Waals surface area contributed by atoms with E-state index in [2.05, 4.69) is 0 Å². The van der Waals surface area contributed by atoms with Crippen molar-refractivity contribution in [1.29, 1.82) is 0 Å². The molecule has 17 heavy (non-hydrogen) atoms. The maximum atomic E-state index is 11.2. The number of rotatable bonds is 5. The van der Waals surface area contributed by atoms with Gasteiger partial charge >= 0.3 is 5.97 Å². The largest absolute Gasteiger partial charge is 0.497 e. The molecule has 0 amide bonds. The smallest absolute Gasteiger partial charge is 0.322 e. The molecule has 0 radical (unpaired) electrons. The lowest BCUT2D eigenvalue weighted by atomic mass is 10.2. The van der Waals surface area contributed by atoms with Gasteiger partial charge in [0.1, 0.15) is 24.1 Å². The number of benzene rings is 1. The van der Waals surface area contributed by atoms with Gasteiger partial charge in [0.2, 0.25) is 0 Å². The van der Waals surface area contributed by atoms with E-state index in [1.54, 1.807) is 39.3 Å². The zero-order valence-electron chi connectivity index (χ0n) is 10.2. The molecule has 0 saturated carbocycles. The van der Waals surface area contributed by atoms with E-state index < -0.39 is 12.0 Å². The van der Waals surface area contributed by atoms with Crippen LogP contribution in [-0.4, -0.2) is 26.2 Å². The van der Waals surface area contributed by atoms with E-state index in [0.29, 0.717) is 11.5 Å². The molecule has 0 aliphatic carbocycles. The molecule has 0 spiro atoms. The van der Waals surface area contributed by atoms with Crippen LogP contribution in [-0.2, 0) is 16.1 Å². The fourth-order valence-corrected chi connectivity index (χ4v) is 1.25. The van der Waals surface area contributed by atoms with Gasteiger partial charge in [-0.25, -0.2) is 0 Å². The van der Waals surface area contributed by atoms with Crippen molar-refractivity contribution in [2.24, 2.45) is 5.73 Å². The summed E-state index contributed by atoms with van der Waals surface area (Å²) in [7, 11) is 3.12. The van der Waals surface area contributed by atoms with Crippen LogP contribution in [0.2, 0.25) is 0 Å². The molecular formula is C12H17NO4. The first kappa shape index (κ1) is 13.3. The summed E-state index contributed by atoms with van der Waals surface area (Å²) in [5.74, 6) is 0.855. The highest BCUT2D eigenvalue weighted by molar-refractivity contribution is 5.74. The van der Waals surface area contributed by atoms with E-state index in [0.717, 1.165) is 5.56 Å². The van der Waals surface area contributed by atoms with Crippen LogP contribution < -0.4 is 15.2 Å². The minimum Gasteiger partial charge on any atom is -0.497 e. The molecule has 0 aromatic heterocycles. The van der Waals surface area contributed by atoms with Crippen molar-refractivity contribution in [1.82, 2.24) is 0 Å². The summed E-state index contributed by atoms with van der Waals surface area (Å²) in [6.07, 6.45) is 0. The minimum absolute atomic E-state index is 0.132. The molecule has 1 aromatic carbocycles. The number of ether oxygens (including phenoxy) is 3. The van der Waals surface area contributed by atoms with Crippen LogP contribution in [0.15, 0.2) is 18.2 Å². The van der Waals surface area contributed by atoms with Crippen molar-refractivity contribution in [3.8, 4) is 11.5 Å². The Morgan fingerprint density at radius 3 is 2.59 bits per heavy atom. The van der Waals surface area contributed by atoms with Gasteiger partial charge in [-0.1, -0.05) is 0 Å². The molecule has 1 rings (SSSR count). The van der Waals surface area contributed by atoms with E-state index in [-0.39, 0.29) is 6.61 Å². The summed E-state index contributed by atoms with van der Waals surface area (Å²) in [4.78, 5) is 11.2. The van der Waals surface area contributed by atoms with Crippen molar-refractivity contribution in [3.63, 3.8) is 0 Å². The summed E-state index contributed by atoms with van der Waals surface area (Å²) in [6, 6.07) is 4.66. The molecule has 94 valence electrons. The van der Waals surface area contributed by atoms with Crippen molar-refractivity contribution < 1.29 is 19.0 Å². The molecule has 2 N–H and O–H groups in total. The number of hydrogen-bond acceptors (Lipinski definition) is 5. The van der Waals surface area contributed by atoms with Gasteiger partial charge < -0.3 is 19.9 Å². The highest BCUT2D eigenvalue weighted by Gasteiger charge is 2.11. The van der Waals surface area contributed by atoms with Crippen LogP contribution in [0, 0.1) is 0 Å². The lowest BCUT2D eigenvalue weighted by Crippen LogP contribution is -2.28. The van der Waals surface area contributed by atoms with Crippen molar-refractivity contribution in [3.05, 3.63) is 23.8 Å². The summed E-state index contributed by atoms with van der Waals surface area (Å²) in [5.41, 5.74) is 6.16. The molecule has 0 aliphatic rings. The number of hydrogen-bond donors (Lipinski definition) is 1. The Balaban J connectivity index is 2.74. The molecule has 5 nitrogen and oxygen atoms in total. The standard InChI is InChI=1S/C12H17NO4/c1-8(13)12(14)17-7-9-4-5-10(15-2)6-11(9)16-3/h4-6,8H,7,13H2,1-3H3/t8-/m0/s1. The van der Waals surface area contributed by atoms with Crippen LogP contribution >= 0.6 is 0 Å². The van der Waals surface area contributed by atoms with Crippen molar-refractivity contribution >= 4 is 5.97 Å².